The molecule has 5 aromatic rings. The van der Waals surface area contributed by atoms with E-state index in [0.29, 0.717) is 47.0 Å². The largest absolute Gasteiger partial charge is 0.457 e. The Kier molecular flexibility index (Phi) is 6.03. The number of nitrogens with one attached hydrogen (secondary N) is 1. The molecule has 7 rings (SSSR count). The van der Waals surface area contributed by atoms with Crippen molar-refractivity contribution in [1.29, 1.82) is 0 Å². The summed E-state index contributed by atoms with van der Waals surface area (Å²) in [7, 11) is 1.75. The van der Waals surface area contributed by atoms with Crippen molar-refractivity contribution >= 4 is 45.3 Å². The van der Waals surface area contributed by atoms with Crippen molar-refractivity contribution in [3.63, 3.8) is 0 Å². The molecule has 3 aromatic heterocycles. The summed E-state index contributed by atoms with van der Waals surface area (Å²) in [6.07, 6.45) is 6.46. The third kappa shape index (κ3) is 4.47. The summed E-state index contributed by atoms with van der Waals surface area (Å²) in [5.41, 5.74) is 3.87. The van der Waals surface area contributed by atoms with E-state index >= 15 is 0 Å². The highest BCUT2D eigenvalue weighted by Crippen LogP contribution is 2.45. The number of piperazine rings is 1. The number of imidazole rings is 1. The van der Waals surface area contributed by atoms with Crippen LogP contribution >= 0.6 is 0 Å². The summed E-state index contributed by atoms with van der Waals surface area (Å²) in [6.45, 7) is 7.65. The lowest BCUT2D eigenvalue weighted by molar-refractivity contribution is -0.129. The van der Waals surface area contributed by atoms with Crippen molar-refractivity contribution in [2.24, 2.45) is 7.05 Å². The van der Waals surface area contributed by atoms with E-state index in [4.69, 9.17) is 9.72 Å². The summed E-state index contributed by atoms with van der Waals surface area (Å²) in [6, 6.07) is 12.7. The highest BCUT2D eigenvalue weighted by atomic mass is 19.1. The summed E-state index contributed by atoms with van der Waals surface area (Å²) in [5.74, 6) is 2.00. The van der Waals surface area contributed by atoms with Gasteiger partial charge >= 0.3 is 0 Å². The standard InChI is InChI=1S/C31H29FN8O2/c1-4-27(41)40-12-11-39(16-31(40)9-10-31)26-8-6-23-28(37-26)30(34-17-33-23)36-20-5-7-25(19(2)13-20)42-21-14-22(32)29-24(15-21)35-18-38(29)3/h4-8,13-15,17-18H,1,9-12,16H2,2-3H3,(H,33,34,36). The predicted octanol–water partition coefficient (Wildman–Crippen LogP) is 5.26. The van der Waals surface area contributed by atoms with E-state index in [2.05, 4.69) is 31.7 Å². The van der Waals surface area contributed by atoms with E-state index in [1.54, 1.807) is 24.0 Å². The van der Waals surface area contributed by atoms with Gasteiger partial charge in [-0.25, -0.2) is 24.3 Å². The summed E-state index contributed by atoms with van der Waals surface area (Å²) < 4.78 is 22.3. The van der Waals surface area contributed by atoms with Crippen molar-refractivity contribution in [3.8, 4) is 11.5 Å². The molecule has 0 atom stereocenters. The molecule has 1 spiro atoms. The first-order valence-corrected chi connectivity index (χ1v) is 13.8. The Bertz CT molecular complexity index is 1880. The Balaban J connectivity index is 1.12. The summed E-state index contributed by atoms with van der Waals surface area (Å²) in [5, 5.41) is 3.38. The molecule has 42 heavy (non-hydrogen) atoms. The number of nitrogens with zero attached hydrogens (tertiary/aromatic N) is 7. The molecule has 11 heteroatoms. The number of hydrogen-bond donors (Lipinski definition) is 1. The Morgan fingerprint density at radius 3 is 2.74 bits per heavy atom. The smallest absolute Gasteiger partial charge is 0.246 e. The molecule has 212 valence electrons. The van der Waals surface area contributed by atoms with E-state index in [0.717, 1.165) is 42.0 Å². The van der Waals surface area contributed by atoms with Crippen LogP contribution in [0, 0.1) is 12.7 Å². The molecule has 1 N–H and O–H groups in total. The third-order valence-corrected chi connectivity index (χ3v) is 8.12. The van der Waals surface area contributed by atoms with Crippen molar-refractivity contribution in [2.45, 2.75) is 25.3 Å². The highest BCUT2D eigenvalue weighted by molar-refractivity contribution is 5.89. The summed E-state index contributed by atoms with van der Waals surface area (Å²) in [4.78, 5) is 34.7. The second-order valence-electron chi connectivity index (χ2n) is 10.9. The van der Waals surface area contributed by atoms with Crippen molar-refractivity contribution in [3.05, 3.63) is 79.2 Å². The second kappa shape index (κ2) is 9.79. The monoisotopic (exact) mass is 564 g/mol. The zero-order chi connectivity index (χ0) is 29.0. The molecule has 1 aliphatic heterocycles. The van der Waals surface area contributed by atoms with Gasteiger partial charge in [0.1, 0.15) is 34.7 Å². The van der Waals surface area contributed by atoms with E-state index in [-0.39, 0.29) is 17.3 Å². The Morgan fingerprint density at radius 1 is 1.10 bits per heavy atom. The zero-order valence-corrected chi connectivity index (χ0v) is 23.3. The number of pyridine rings is 1. The van der Waals surface area contributed by atoms with Crippen LogP contribution in [0.25, 0.3) is 22.1 Å². The van der Waals surface area contributed by atoms with Gasteiger partial charge in [0.25, 0.3) is 0 Å². The fraction of sp³-hybridized carbons (Fsp3) is 0.258. The first kappa shape index (κ1) is 25.9. The topological polar surface area (TPSA) is 101 Å². The maximum Gasteiger partial charge on any atom is 0.246 e. The molecule has 1 amide bonds. The average molecular weight is 565 g/mol. The molecule has 0 bridgehead atoms. The highest BCUT2D eigenvalue weighted by Gasteiger charge is 2.52. The minimum atomic E-state index is -0.389. The lowest BCUT2D eigenvalue weighted by Gasteiger charge is -2.42. The number of rotatable bonds is 6. The fourth-order valence-corrected chi connectivity index (χ4v) is 5.78. The number of benzene rings is 2. The molecule has 2 aromatic carbocycles. The van der Waals surface area contributed by atoms with Gasteiger partial charge in [-0.3, -0.25) is 4.79 Å². The van der Waals surface area contributed by atoms with Gasteiger partial charge in [-0.15, -0.1) is 0 Å². The van der Waals surface area contributed by atoms with E-state index < -0.39 is 0 Å². The SMILES string of the molecule is C=CC(=O)N1CCN(c2ccc3ncnc(Nc4ccc(Oc5cc(F)c6c(c5)ncn6C)c(C)c4)c3n2)CC12CC2. The first-order valence-electron chi connectivity index (χ1n) is 13.8. The number of halogens is 1. The molecule has 4 heterocycles. The Labute approximate surface area is 241 Å². The van der Waals surface area contributed by atoms with Gasteiger partial charge in [0.2, 0.25) is 5.91 Å². The second-order valence-corrected chi connectivity index (χ2v) is 10.9. The normalized spacial score (nSPS) is 15.8. The van der Waals surface area contributed by atoms with Crippen molar-refractivity contribution in [1.82, 2.24) is 29.4 Å². The number of fused-ring (bicyclic) bond motifs is 2. The van der Waals surface area contributed by atoms with Gasteiger partial charge in [0.15, 0.2) is 11.6 Å². The minimum absolute atomic E-state index is 0.00773. The molecule has 2 fully saturated rings. The molecule has 0 radical (unpaired) electrons. The van der Waals surface area contributed by atoms with E-state index in [9.17, 15) is 9.18 Å². The van der Waals surface area contributed by atoms with E-state index in [1.165, 1.54) is 18.5 Å². The summed E-state index contributed by atoms with van der Waals surface area (Å²) >= 11 is 0. The van der Waals surface area contributed by atoms with E-state index in [1.807, 2.05) is 42.2 Å². The Morgan fingerprint density at radius 2 is 1.95 bits per heavy atom. The van der Waals surface area contributed by atoms with Crippen molar-refractivity contribution in [2.75, 3.05) is 29.9 Å². The fourth-order valence-electron chi connectivity index (χ4n) is 5.78. The van der Waals surface area contributed by atoms with Gasteiger partial charge in [0, 0.05) is 44.5 Å². The Hall–Kier alpha value is -5.06. The molecular formula is C31H29FN8O2. The van der Waals surface area contributed by atoms with Crippen LogP contribution in [0.1, 0.15) is 18.4 Å². The number of carbonyl (C=O) groups excluding carboxylic acids is 1. The lowest BCUT2D eigenvalue weighted by atomic mass is 10.1. The number of amides is 1. The van der Waals surface area contributed by atoms with Crippen LogP contribution in [0.2, 0.25) is 0 Å². The molecule has 0 unspecified atom stereocenters. The van der Waals surface area contributed by atoms with Crippen molar-refractivity contribution < 1.29 is 13.9 Å². The first-order chi connectivity index (χ1) is 20.3. The lowest BCUT2D eigenvalue weighted by Crippen LogP contribution is -2.57. The zero-order valence-electron chi connectivity index (χ0n) is 23.3. The average Bonchev–Trinajstić information content (AvgIpc) is 3.64. The van der Waals surface area contributed by atoms with Crippen LogP contribution < -0.4 is 15.0 Å². The molecule has 2 aliphatic rings. The number of aryl methyl sites for hydroxylation is 2. The number of ether oxygens (including phenoxy) is 1. The van der Waals surface area contributed by atoms with Crippen LogP contribution in [-0.4, -0.2) is 60.5 Å². The molecular weight excluding hydrogens is 535 g/mol. The van der Waals surface area contributed by atoms with Gasteiger partial charge in [-0.1, -0.05) is 6.58 Å². The number of aromatic nitrogens is 5. The molecule has 10 nitrogen and oxygen atoms in total. The number of hydrogen-bond acceptors (Lipinski definition) is 8. The minimum Gasteiger partial charge on any atom is -0.457 e. The van der Waals surface area contributed by atoms with Gasteiger partial charge in [0.05, 0.1) is 22.9 Å². The predicted molar refractivity (Wildman–Crippen MR) is 159 cm³/mol. The third-order valence-electron chi connectivity index (χ3n) is 8.12. The van der Waals surface area contributed by atoms with Gasteiger partial charge in [-0.05, 0) is 61.7 Å². The maximum absolute atomic E-state index is 14.6. The maximum atomic E-state index is 14.6. The van der Waals surface area contributed by atoms with Gasteiger partial charge in [-0.2, -0.15) is 0 Å². The quantitative estimate of drug-likeness (QED) is 0.279. The van der Waals surface area contributed by atoms with Crippen LogP contribution in [0.4, 0.5) is 21.7 Å². The van der Waals surface area contributed by atoms with Crippen LogP contribution in [0.5, 0.6) is 11.5 Å². The van der Waals surface area contributed by atoms with Gasteiger partial charge < -0.3 is 24.4 Å². The van der Waals surface area contributed by atoms with Crippen LogP contribution in [0.3, 0.4) is 0 Å². The number of carbonyl (C=O) groups is 1. The molecule has 1 saturated carbocycles. The van der Waals surface area contributed by atoms with Crippen LogP contribution in [0.15, 0.2) is 67.8 Å². The molecule has 1 aliphatic carbocycles. The molecule has 1 saturated heterocycles. The van der Waals surface area contributed by atoms with Crippen LogP contribution in [-0.2, 0) is 11.8 Å². The number of anilines is 3.